The lowest BCUT2D eigenvalue weighted by molar-refractivity contribution is 0.468. The first-order valence-corrected chi connectivity index (χ1v) is 4.99. The fraction of sp³-hybridized carbons (Fsp3) is 0.818. The summed E-state index contributed by atoms with van der Waals surface area (Å²) >= 11 is 0. The highest BCUT2D eigenvalue weighted by Crippen LogP contribution is 2.19. The fourth-order valence-corrected chi connectivity index (χ4v) is 1.31. The average molecular weight is 165 g/mol. The number of rotatable bonds is 6. The molecule has 1 saturated carbocycles. The maximum atomic E-state index is 5.18. The molecule has 1 aliphatic rings. The highest BCUT2D eigenvalue weighted by molar-refractivity contribution is 4.84. The topological polar surface area (TPSA) is 12.0 Å². The van der Waals surface area contributed by atoms with E-state index in [1.807, 2.05) is 0 Å². The molecule has 0 heterocycles. The normalized spacial score (nSPS) is 18.7. The smallest absolute Gasteiger partial charge is 0.00861 e. The van der Waals surface area contributed by atoms with Crippen LogP contribution in [0.2, 0.25) is 0 Å². The van der Waals surface area contributed by atoms with Crippen LogP contribution in [0.15, 0.2) is 0 Å². The highest BCUT2D eigenvalue weighted by Gasteiger charge is 2.20. The number of hydrogen-bond donors (Lipinski definition) is 1. The predicted molar refractivity (Wildman–Crippen MR) is 52.9 cm³/mol. The monoisotopic (exact) mass is 165 g/mol. The zero-order chi connectivity index (χ0) is 8.81. The first-order valence-electron chi connectivity index (χ1n) is 4.99. The zero-order valence-electron chi connectivity index (χ0n) is 7.97. The van der Waals surface area contributed by atoms with Gasteiger partial charge in [-0.3, -0.25) is 0 Å². The van der Waals surface area contributed by atoms with Crippen LogP contribution in [0, 0.1) is 18.3 Å². The molecule has 1 rings (SSSR count). The third kappa shape index (κ3) is 4.41. The third-order valence-corrected chi connectivity index (χ3v) is 2.35. The molecule has 1 unspecified atom stereocenters. The molecule has 1 heteroatoms. The molecule has 0 aromatic rings. The van der Waals surface area contributed by atoms with Gasteiger partial charge in [-0.1, -0.05) is 6.92 Å². The minimum atomic E-state index is 0.791. The van der Waals surface area contributed by atoms with Crippen molar-refractivity contribution in [1.29, 1.82) is 0 Å². The fourth-order valence-electron chi connectivity index (χ4n) is 1.31. The van der Waals surface area contributed by atoms with Crippen LogP contribution < -0.4 is 5.32 Å². The zero-order valence-corrected chi connectivity index (χ0v) is 7.97. The maximum absolute atomic E-state index is 5.18. The molecule has 0 amide bonds. The Labute approximate surface area is 75.9 Å². The summed E-state index contributed by atoms with van der Waals surface area (Å²) in [5, 5.41) is 3.53. The molecule has 1 nitrogen and oxygen atoms in total. The van der Waals surface area contributed by atoms with Crippen molar-refractivity contribution in [2.24, 2.45) is 5.92 Å². The Morgan fingerprint density at radius 1 is 1.58 bits per heavy atom. The third-order valence-electron chi connectivity index (χ3n) is 2.35. The van der Waals surface area contributed by atoms with E-state index >= 15 is 0 Å². The van der Waals surface area contributed by atoms with E-state index in [1.165, 1.54) is 32.2 Å². The molecule has 1 N–H and O–H groups in total. The second-order valence-corrected chi connectivity index (χ2v) is 3.88. The SMILES string of the molecule is C#CCCCC(C)CNC1CC1. The lowest BCUT2D eigenvalue weighted by Crippen LogP contribution is -2.22. The minimum absolute atomic E-state index is 0.791. The van der Waals surface area contributed by atoms with E-state index in [0.717, 1.165) is 18.4 Å². The van der Waals surface area contributed by atoms with Crippen molar-refractivity contribution in [2.45, 2.75) is 45.1 Å². The van der Waals surface area contributed by atoms with Crippen LogP contribution >= 0.6 is 0 Å². The van der Waals surface area contributed by atoms with Crippen molar-refractivity contribution in [3.05, 3.63) is 0 Å². The van der Waals surface area contributed by atoms with Gasteiger partial charge in [0.05, 0.1) is 0 Å². The van der Waals surface area contributed by atoms with E-state index in [0.29, 0.717) is 0 Å². The minimum Gasteiger partial charge on any atom is -0.314 e. The summed E-state index contributed by atoms with van der Waals surface area (Å²) in [7, 11) is 0. The van der Waals surface area contributed by atoms with Gasteiger partial charge >= 0.3 is 0 Å². The van der Waals surface area contributed by atoms with Crippen LogP contribution in [0.5, 0.6) is 0 Å². The molecule has 0 bridgehead atoms. The molecular weight excluding hydrogens is 146 g/mol. The Morgan fingerprint density at radius 2 is 2.33 bits per heavy atom. The van der Waals surface area contributed by atoms with Crippen LogP contribution in [0.4, 0.5) is 0 Å². The van der Waals surface area contributed by atoms with Gasteiger partial charge in [-0.05, 0) is 38.1 Å². The Balaban J connectivity index is 1.88. The number of nitrogens with one attached hydrogen (secondary N) is 1. The van der Waals surface area contributed by atoms with Gasteiger partial charge in [0, 0.05) is 12.5 Å². The molecule has 1 fully saturated rings. The van der Waals surface area contributed by atoms with Gasteiger partial charge in [0.25, 0.3) is 0 Å². The van der Waals surface area contributed by atoms with Crippen LogP contribution in [-0.2, 0) is 0 Å². The predicted octanol–water partition coefficient (Wildman–Crippen LogP) is 2.18. The molecule has 0 spiro atoms. The number of hydrogen-bond acceptors (Lipinski definition) is 1. The summed E-state index contributed by atoms with van der Waals surface area (Å²) in [4.78, 5) is 0. The summed E-state index contributed by atoms with van der Waals surface area (Å²) in [5.41, 5.74) is 0. The van der Waals surface area contributed by atoms with Crippen molar-refractivity contribution in [3.8, 4) is 12.3 Å². The molecule has 68 valence electrons. The summed E-state index contributed by atoms with van der Waals surface area (Å²) in [6.45, 7) is 3.47. The summed E-state index contributed by atoms with van der Waals surface area (Å²) < 4.78 is 0. The van der Waals surface area contributed by atoms with Crippen LogP contribution in [0.25, 0.3) is 0 Å². The second-order valence-electron chi connectivity index (χ2n) is 3.88. The Kier molecular flexibility index (Phi) is 4.18. The van der Waals surface area contributed by atoms with Gasteiger partial charge in [-0.15, -0.1) is 12.3 Å². The quantitative estimate of drug-likeness (QED) is 0.470. The number of terminal acetylenes is 1. The van der Waals surface area contributed by atoms with E-state index in [-0.39, 0.29) is 0 Å². The molecule has 1 aliphatic carbocycles. The summed E-state index contributed by atoms with van der Waals surface area (Å²) in [5.74, 6) is 3.47. The lowest BCUT2D eigenvalue weighted by Gasteiger charge is -2.10. The molecule has 0 aromatic heterocycles. The second kappa shape index (κ2) is 5.22. The molecule has 0 aliphatic heterocycles. The largest absolute Gasteiger partial charge is 0.314 e. The van der Waals surface area contributed by atoms with E-state index < -0.39 is 0 Å². The van der Waals surface area contributed by atoms with Crippen molar-refractivity contribution < 1.29 is 0 Å². The van der Waals surface area contributed by atoms with E-state index in [2.05, 4.69) is 18.2 Å². The highest BCUT2D eigenvalue weighted by atomic mass is 14.9. The van der Waals surface area contributed by atoms with Crippen LogP contribution in [0.3, 0.4) is 0 Å². The van der Waals surface area contributed by atoms with Crippen molar-refractivity contribution in [2.75, 3.05) is 6.54 Å². The van der Waals surface area contributed by atoms with E-state index in [4.69, 9.17) is 6.42 Å². The van der Waals surface area contributed by atoms with E-state index in [1.54, 1.807) is 0 Å². The van der Waals surface area contributed by atoms with Gasteiger partial charge in [0.2, 0.25) is 0 Å². The van der Waals surface area contributed by atoms with Crippen molar-refractivity contribution in [1.82, 2.24) is 5.32 Å². The van der Waals surface area contributed by atoms with Gasteiger partial charge in [-0.25, -0.2) is 0 Å². The molecule has 0 radical (unpaired) electrons. The first kappa shape index (κ1) is 9.61. The standard InChI is InChI=1S/C11H19N/c1-3-4-5-6-10(2)9-12-11-7-8-11/h1,10-12H,4-9H2,2H3. The Hall–Kier alpha value is -0.480. The van der Waals surface area contributed by atoms with Gasteiger partial charge in [0.15, 0.2) is 0 Å². The Morgan fingerprint density at radius 3 is 2.92 bits per heavy atom. The Bertz CT molecular complexity index is 153. The van der Waals surface area contributed by atoms with Crippen LogP contribution in [0.1, 0.15) is 39.0 Å². The van der Waals surface area contributed by atoms with E-state index in [9.17, 15) is 0 Å². The molecular formula is C11H19N. The molecule has 12 heavy (non-hydrogen) atoms. The van der Waals surface area contributed by atoms with Crippen LogP contribution in [-0.4, -0.2) is 12.6 Å². The maximum Gasteiger partial charge on any atom is 0.00861 e. The summed E-state index contributed by atoms with van der Waals surface area (Å²) in [6.07, 6.45) is 11.3. The molecule has 1 atom stereocenters. The van der Waals surface area contributed by atoms with Crippen molar-refractivity contribution in [3.63, 3.8) is 0 Å². The first-order chi connectivity index (χ1) is 5.83. The molecule has 0 aromatic carbocycles. The lowest BCUT2D eigenvalue weighted by atomic mass is 10.0. The van der Waals surface area contributed by atoms with Gasteiger partial charge < -0.3 is 5.32 Å². The molecule has 0 saturated heterocycles. The summed E-state index contributed by atoms with van der Waals surface area (Å²) in [6, 6.07) is 0.847. The van der Waals surface area contributed by atoms with Gasteiger partial charge in [-0.2, -0.15) is 0 Å². The van der Waals surface area contributed by atoms with Crippen molar-refractivity contribution >= 4 is 0 Å². The van der Waals surface area contributed by atoms with Gasteiger partial charge in [0.1, 0.15) is 0 Å². The average Bonchev–Trinajstić information content (AvgIpc) is 2.84. The number of unbranched alkanes of at least 4 members (excludes halogenated alkanes) is 1.